The number of furan rings is 1. The van der Waals surface area contributed by atoms with Gasteiger partial charge in [0.25, 0.3) is 5.56 Å². The predicted octanol–water partition coefficient (Wildman–Crippen LogP) is 2.04. The molecule has 2 aliphatic rings. The summed E-state index contributed by atoms with van der Waals surface area (Å²) in [5, 5.41) is 0.788. The number of hydrogen-bond donors (Lipinski definition) is 0. The number of fused-ring (bicyclic) bond motifs is 4. The van der Waals surface area contributed by atoms with Gasteiger partial charge < -0.3 is 9.32 Å². The van der Waals surface area contributed by atoms with Crippen LogP contribution >= 0.6 is 0 Å². The van der Waals surface area contributed by atoms with Crippen LogP contribution < -0.4 is 5.56 Å². The van der Waals surface area contributed by atoms with E-state index in [0.29, 0.717) is 11.2 Å². The van der Waals surface area contributed by atoms with Crippen LogP contribution in [-0.2, 0) is 24.2 Å². The van der Waals surface area contributed by atoms with E-state index in [1.807, 2.05) is 0 Å². The minimum atomic E-state index is -0.321. The molecule has 3 aromatic rings. The van der Waals surface area contributed by atoms with Crippen LogP contribution in [0, 0.1) is 0 Å². The maximum absolute atomic E-state index is 12.8. The van der Waals surface area contributed by atoms with E-state index in [1.165, 1.54) is 16.5 Å². The van der Waals surface area contributed by atoms with Gasteiger partial charge in [-0.3, -0.25) is 14.2 Å². The van der Waals surface area contributed by atoms with Crippen molar-refractivity contribution in [3.63, 3.8) is 0 Å². The molecule has 0 spiro atoms. The number of carbonyl (C=O) groups is 1. The number of aryl methyl sites for hydroxylation is 2. The van der Waals surface area contributed by atoms with E-state index in [1.54, 1.807) is 4.90 Å². The highest BCUT2D eigenvalue weighted by Gasteiger charge is 2.22. The van der Waals surface area contributed by atoms with Crippen LogP contribution in [0.1, 0.15) is 36.9 Å². The summed E-state index contributed by atoms with van der Waals surface area (Å²) in [6.07, 6.45) is 7.75. The molecule has 0 atom stereocenters. The summed E-state index contributed by atoms with van der Waals surface area (Å²) in [5.41, 5.74) is 3.16. The number of likely N-dealkylation sites (tertiary alicyclic amines) is 1. The van der Waals surface area contributed by atoms with Gasteiger partial charge in [-0.05, 0) is 50.2 Å². The van der Waals surface area contributed by atoms with Crippen molar-refractivity contribution in [2.24, 2.45) is 0 Å². The molecule has 134 valence electrons. The third kappa shape index (κ3) is 2.41. The molecule has 7 nitrogen and oxygen atoms in total. The van der Waals surface area contributed by atoms with Crippen molar-refractivity contribution in [3.05, 3.63) is 34.0 Å². The second-order valence-corrected chi connectivity index (χ2v) is 7.20. The first kappa shape index (κ1) is 15.5. The third-order valence-corrected chi connectivity index (χ3v) is 5.48. The quantitative estimate of drug-likeness (QED) is 0.705. The van der Waals surface area contributed by atoms with Crippen molar-refractivity contribution in [3.8, 4) is 0 Å². The minimum absolute atomic E-state index is 0.00273. The lowest BCUT2D eigenvalue weighted by atomic mass is 9.95. The fourth-order valence-corrected chi connectivity index (χ4v) is 4.04. The highest BCUT2D eigenvalue weighted by atomic mass is 16.3. The molecule has 4 heterocycles. The highest BCUT2D eigenvalue weighted by Crippen LogP contribution is 2.29. The number of carbonyl (C=O) groups excluding carboxylic acids is 1. The van der Waals surface area contributed by atoms with Gasteiger partial charge in [0.15, 0.2) is 0 Å². The Bertz CT molecular complexity index is 1080. The Labute approximate surface area is 149 Å². The summed E-state index contributed by atoms with van der Waals surface area (Å²) in [7, 11) is 0. The summed E-state index contributed by atoms with van der Waals surface area (Å²) in [5.74, 6) is -0.0459. The Morgan fingerprint density at radius 3 is 2.81 bits per heavy atom. The number of amides is 1. The molecule has 0 radical (unpaired) electrons. The van der Waals surface area contributed by atoms with E-state index in [-0.39, 0.29) is 23.6 Å². The first-order valence-electron chi connectivity index (χ1n) is 9.29. The van der Waals surface area contributed by atoms with Gasteiger partial charge in [0.05, 0.1) is 11.7 Å². The van der Waals surface area contributed by atoms with Crippen molar-refractivity contribution >= 4 is 28.1 Å². The predicted molar refractivity (Wildman–Crippen MR) is 96.0 cm³/mol. The van der Waals surface area contributed by atoms with Gasteiger partial charge in [0, 0.05) is 18.8 Å². The molecule has 0 bridgehead atoms. The molecule has 0 saturated carbocycles. The maximum atomic E-state index is 12.8. The number of pyridine rings is 1. The first-order chi connectivity index (χ1) is 12.7. The molecule has 1 saturated heterocycles. The van der Waals surface area contributed by atoms with E-state index in [9.17, 15) is 9.59 Å². The lowest BCUT2D eigenvalue weighted by molar-refractivity contribution is -0.130. The number of rotatable bonds is 2. The molecule has 26 heavy (non-hydrogen) atoms. The molecule has 1 aliphatic heterocycles. The smallest absolute Gasteiger partial charge is 0.297 e. The lowest BCUT2D eigenvalue weighted by Gasteiger charge is -2.15. The molecular weight excluding hydrogens is 332 g/mol. The largest absolute Gasteiger partial charge is 0.430 e. The standard InChI is InChI=1S/C19H20N4O3/c24-15(22-7-3-4-8-22)10-23-11-20-16-13-9-12-5-1-2-6-14(12)21-18(13)26-17(16)19(23)25/h9,11H,1-8,10H2. The average molecular weight is 352 g/mol. The normalized spacial score (nSPS) is 17.2. The minimum Gasteiger partial charge on any atom is -0.430 e. The highest BCUT2D eigenvalue weighted by molar-refractivity contribution is 6.00. The van der Waals surface area contributed by atoms with Crippen molar-refractivity contribution in [2.75, 3.05) is 13.1 Å². The molecule has 0 unspecified atom stereocenters. The Hall–Kier alpha value is -2.70. The topological polar surface area (TPSA) is 81.2 Å². The van der Waals surface area contributed by atoms with Crippen molar-refractivity contribution in [1.82, 2.24) is 19.4 Å². The summed E-state index contributed by atoms with van der Waals surface area (Å²) >= 11 is 0. The number of aromatic nitrogens is 3. The monoisotopic (exact) mass is 352 g/mol. The fraction of sp³-hybridized carbons (Fsp3) is 0.474. The van der Waals surface area contributed by atoms with Gasteiger partial charge in [-0.2, -0.15) is 0 Å². The Morgan fingerprint density at radius 2 is 1.96 bits per heavy atom. The SMILES string of the molecule is O=C(Cn1cnc2c(oc3nc4c(cc32)CCCC4)c1=O)N1CCCC1. The van der Waals surface area contributed by atoms with Crippen LogP contribution in [-0.4, -0.2) is 38.4 Å². The van der Waals surface area contributed by atoms with Gasteiger partial charge in [0.2, 0.25) is 17.2 Å². The van der Waals surface area contributed by atoms with Crippen LogP contribution in [0.5, 0.6) is 0 Å². The fourth-order valence-electron chi connectivity index (χ4n) is 4.04. The van der Waals surface area contributed by atoms with Crippen molar-refractivity contribution in [2.45, 2.75) is 45.1 Å². The van der Waals surface area contributed by atoms with Crippen LogP contribution in [0.2, 0.25) is 0 Å². The van der Waals surface area contributed by atoms with Gasteiger partial charge in [-0.15, -0.1) is 0 Å². The van der Waals surface area contributed by atoms with E-state index >= 15 is 0 Å². The summed E-state index contributed by atoms with van der Waals surface area (Å²) in [4.78, 5) is 36.0. The molecule has 7 heteroatoms. The molecule has 0 aromatic carbocycles. The van der Waals surface area contributed by atoms with Gasteiger partial charge in [-0.1, -0.05) is 0 Å². The molecule has 0 N–H and O–H groups in total. The van der Waals surface area contributed by atoms with Crippen LogP contribution in [0.25, 0.3) is 22.2 Å². The third-order valence-electron chi connectivity index (χ3n) is 5.48. The van der Waals surface area contributed by atoms with Crippen LogP contribution in [0.4, 0.5) is 0 Å². The molecule has 3 aromatic heterocycles. The van der Waals surface area contributed by atoms with E-state index < -0.39 is 0 Å². The number of hydrogen-bond acceptors (Lipinski definition) is 5. The molecular formula is C19H20N4O3. The van der Waals surface area contributed by atoms with Crippen LogP contribution in [0.3, 0.4) is 0 Å². The molecule has 1 amide bonds. The summed E-state index contributed by atoms with van der Waals surface area (Å²) in [6, 6.07) is 2.06. The van der Waals surface area contributed by atoms with Gasteiger partial charge in [-0.25, -0.2) is 9.97 Å². The second-order valence-electron chi connectivity index (χ2n) is 7.20. The van der Waals surface area contributed by atoms with Crippen LogP contribution in [0.15, 0.2) is 21.6 Å². The van der Waals surface area contributed by atoms with Gasteiger partial charge in [0.1, 0.15) is 12.1 Å². The zero-order valence-electron chi connectivity index (χ0n) is 14.5. The summed E-state index contributed by atoms with van der Waals surface area (Å²) < 4.78 is 7.10. The van der Waals surface area contributed by atoms with Gasteiger partial charge >= 0.3 is 0 Å². The average Bonchev–Trinajstić information content (AvgIpc) is 3.30. The zero-order chi connectivity index (χ0) is 17.7. The first-order valence-corrected chi connectivity index (χ1v) is 9.29. The number of nitrogens with zero attached hydrogens (tertiary/aromatic N) is 4. The molecule has 5 rings (SSSR count). The zero-order valence-corrected chi connectivity index (χ0v) is 14.5. The Balaban J connectivity index is 1.58. The molecule has 1 aliphatic carbocycles. The van der Waals surface area contributed by atoms with Crippen molar-refractivity contribution < 1.29 is 9.21 Å². The van der Waals surface area contributed by atoms with E-state index in [4.69, 9.17) is 4.42 Å². The molecule has 1 fully saturated rings. The van der Waals surface area contributed by atoms with E-state index in [2.05, 4.69) is 16.0 Å². The van der Waals surface area contributed by atoms with Crippen molar-refractivity contribution in [1.29, 1.82) is 0 Å². The Kier molecular flexibility index (Phi) is 3.55. The second kappa shape index (κ2) is 5.93. The van der Waals surface area contributed by atoms with E-state index in [0.717, 1.165) is 62.7 Å². The Morgan fingerprint density at radius 1 is 1.15 bits per heavy atom. The summed E-state index contributed by atoms with van der Waals surface area (Å²) in [6.45, 7) is 1.54. The maximum Gasteiger partial charge on any atom is 0.297 e. The lowest BCUT2D eigenvalue weighted by Crippen LogP contribution is -2.34.